The van der Waals surface area contributed by atoms with Gasteiger partial charge in [-0.3, -0.25) is 4.79 Å². The molecule has 0 fully saturated rings. The molecule has 0 spiro atoms. The highest BCUT2D eigenvalue weighted by Crippen LogP contribution is 2.37. The molecule has 0 atom stereocenters. The molecule has 4 aromatic rings. The zero-order chi connectivity index (χ0) is 19.2. The lowest BCUT2D eigenvalue weighted by atomic mass is 10.0. The number of rotatable bonds is 3. The van der Waals surface area contributed by atoms with Gasteiger partial charge in [-0.25, -0.2) is 8.42 Å². The largest absolute Gasteiger partial charge is 0.455 e. The average Bonchev–Trinajstić information content (AvgIpc) is 3.07. The van der Waals surface area contributed by atoms with Gasteiger partial charge in [0.25, 0.3) is 0 Å². The molecule has 7 heteroatoms. The van der Waals surface area contributed by atoms with E-state index in [-0.39, 0.29) is 10.3 Å². The first kappa shape index (κ1) is 18.0. The van der Waals surface area contributed by atoms with E-state index in [9.17, 15) is 13.2 Å². The Hall–Kier alpha value is -2.41. The van der Waals surface area contributed by atoms with Crippen molar-refractivity contribution in [3.8, 4) is 21.8 Å². The van der Waals surface area contributed by atoms with Crippen LogP contribution in [0, 0.1) is 0 Å². The van der Waals surface area contributed by atoms with E-state index in [0.29, 0.717) is 37.1 Å². The topological polar surface area (TPSA) is 64.3 Å². The summed E-state index contributed by atoms with van der Waals surface area (Å²) in [6.07, 6.45) is 1.15. The van der Waals surface area contributed by atoms with Crippen LogP contribution in [-0.2, 0) is 9.84 Å². The van der Waals surface area contributed by atoms with Crippen LogP contribution in [0.15, 0.2) is 74.8 Å². The molecule has 0 N–H and O–H groups in total. The number of sulfone groups is 1. The number of fused-ring (bicyclic) bond motifs is 1. The Balaban J connectivity index is 2.03. The highest BCUT2D eigenvalue weighted by Gasteiger charge is 2.19. The molecule has 136 valence electrons. The van der Waals surface area contributed by atoms with Crippen molar-refractivity contribution in [1.82, 2.24) is 0 Å². The Morgan fingerprint density at radius 1 is 0.963 bits per heavy atom. The summed E-state index contributed by atoms with van der Waals surface area (Å²) >= 11 is 7.36. The predicted molar refractivity (Wildman–Crippen MR) is 109 cm³/mol. The summed E-state index contributed by atoms with van der Waals surface area (Å²) in [7, 11) is -3.31. The van der Waals surface area contributed by atoms with Gasteiger partial charge in [0.1, 0.15) is 11.3 Å². The number of halogens is 1. The Morgan fingerprint density at radius 2 is 1.67 bits per heavy atom. The molecule has 0 unspecified atom stereocenters. The van der Waals surface area contributed by atoms with Crippen LogP contribution in [0.1, 0.15) is 0 Å². The van der Waals surface area contributed by atoms with Crippen molar-refractivity contribution in [2.45, 2.75) is 4.90 Å². The van der Waals surface area contributed by atoms with Gasteiger partial charge < -0.3 is 4.42 Å². The monoisotopic (exact) mass is 416 g/mol. The Bertz CT molecular complexity index is 1320. The third kappa shape index (κ3) is 3.32. The second-order valence-corrected chi connectivity index (χ2v) is 9.76. The van der Waals surface area contributed by atoms with Gasteiger partial charge in [0.15, 0.2) is 9.84 Å². The molecule has 4 rings (SSSR count). The zero-order valence-electron chi connectivity index (χ0n) is 14.1. The number of thiophene rings is 1. The molecule has 4 nitrogen and oxygen atoms in total. The van der Waals surface area contributed by atoms with Crippen LogP contribution in [0.5, 0.6) is 0 Å². The summed E-state index contributed by atoms with van der Waals surface area (Å²) in [5, 5.41) is 0.480. The van der Waals surface area contributed by atoms with Gasteiger partial charge in [-0.15, -0.1) is 11.3 Å². The van der Waals surface area contributed by atoms with E-state index >= 15 is 0 Å². The number of hydrogen-bond acceptors (Lipinski definition) is 5. The zero-order valence-corrected chi connectivity index (χ0v) is 16.5. The Kier molecular flexibility index (Phi) is 4.42. The lowest BCUT2D eigenvalue weighted by Gasteiger charge is -2.09. The van der Waals surface area contributed by atoms with E-state index in [0.717, 1.165) is 6.26 Å². The second-order valence-electron chi connectivity index (χ2n) is 6.03. The maximum atomic E-state index is 13.2. The number of hydrogen-bond donors (Lipinski definition) is 0. The first-order valence-corrected chi connectivity index (χ1v) is 11.1. The van der Waals surface area contributed by atoms with Gasteiger partial charge >= 0.3 is 0 Å². The molecule has 0 bridgehead atoms. The summed E-state index contributed by atoms with van der Waals surface area (Å²) < 4.78 is 30.1. The number of para-hydroxylation sites is 1. The van der Waals surface area contributed by atoms with E-state index in [1.165, 1.54) is 23.5 Å². The predicted octanol–water partition coefficient (Wildman–Crippen LogP) is 5.25. The maximum absolute atomic E-state index is 13.2. The third-order valence-electron chi connectivity index (χ3n) is 4.16. The first-order valence-electron chi connectivity index (χ1n) is 7.96. The average molecular weight is 417 g/mol. The molecule has 0 saturated carbocycles. The molecule has 27 heavy (non-hydrogen) atoms. The summed E-state index contributed by atoms with van der Waals surface area (Å²) in [5.74, 6) is 0.386. The van der Waals surface area contributed by atoms with E-state index in [2.05, 4.69) is 0 Å². The summed E-state index contributed by atoms with van der Waals surface area (Å²) in [4.78, 5) is 14.1. The minimum Gasteiger partial charge on any atom is -0.455 e. The Morgan fingerprint density at radius 3 is 2.30 bits per heavy atom. The van der Waals surface area contributed by atoms with Gasteiger partial charge in [0.2, 0.25) is 5.43 Å². The quantitative estimate of drug-likeness (QED) is 0.457. The van der Waals surface area contributed by atoms with Gasteiger partial charge in [-0.2, -0.15) is 0 Å². The van der Waals surface area contributed by atoms with Crippen LogP contribution in [0.4, 0.5) is 0 Å². The molecular formula is C20H13ClO4S2. The van der Waals surface area contributed by atoms with Crippen LogP contribution in [-0.4, -0.2) is 14.7 Å². The Labute approximate surface area is 164 Å². The first-order chi connectivity index (χ1) is 12.8. The maximum Gasteiger partial charge on any atom is 0.201 e. The van der Waals surface area contributed by atoms with Gasteiger partial charge in [-0.1, -0.05) is 23.7 Å². The highest BCUT2D eigenvalue weighted by molar-refractivity contribution is 7.90. The van der Waals surface area contributed by atoms with Gasteiger partial charge in [-0.05, 0) is 48.5 Å². The second kappa shape index (κ2) is 6.64. The van der Waals surface area contributed by atoms with E-state index in [4.69, 9.17) is 16.0 Å². The van der Waals surface area contributed by atoms with Crippen molar-refractivity contribution in [3.05, 3.63) is 75.2 Å². The van der Waals surface area contributed by atoms with Crippen molar-refractivity contribution in [2.75, 3.05) is 6.26 Å². The smallest absolute Gasteiger partial charge is 0.201 e. The third-order valence-corrected chi connectivity index (χ3v) is 6.54. The fraction of sp³-hybridized carbons (Fsp3) is 0.0500. The minimum atomic E-state index is -3.31. The molecule has 0 aliphatic rings. The molecule has 0 aliphatic heterocycles. The van der Waals surface area contributed by atoms with E-state index < -0.39 is 9.84 Å². The highest BCUT2D eigenvalue weighted by atomic mass is 35.5. The van der Waals surface area contributed by atoms with Gasteiger partial charge in [0.05, 0.1) is 20.2 Å². The molecule has 0 amide bonds. The van der Waals surface area contributed by atoms with Crippen LogP contribution >= 0.6 is 22.9 Å². The normalized spacial score (nSPS) is 11.8. The van der Waals surface area contributed by atoms with Crippen molar-refractivity contribution >= 4 is 43.7 Å². The standard InChI is InChI=1S/C20H13ClO4S2/c1-27(23,24)13-8-6-12(7-9-13)20-18(16-10-11-17(21)26-16)19(22)14-4-2-3-5-15(14)25-20/h2-11H,1H3. The molecule has 0 radical (unpaired) electrons. The molecule has 2 aromatic carbocycles. The fourth-order valence-electron chi connectivity index (χ4n) is 2.87. The fourth-order valence-corrected chi connectivity index (χ4v) is 4.58. The summed E-state index contributed by atoms with van der Waals surface area (Å²) in [5.41, 5.74) is 1.34. The van der Waals surface area contributed by atoms with Gasteiger partial charge in [0, 0.05) is 16.7 Å². The van der Waals surface area contributed by atoms with Crippen molar-refractivity contribution in [2.24, 2.45) is 0 Å². The molecule has 2 heterocycles. The summed E-state index contributed by atoms with van der Waals surface area (Å²) in [6, 6.07) is 16.8. The van der Waals surface area contributed by atoms with Crippen molar-refractivity contribution in [3.63, 3.8) is 0 Å². The summed E-state index contributed by atoms with van der Waals surface area (Å²) in [6.45, 7) is 0. The SMILES string of the molecule is CS(=O)(=O)c1ccc(-c2oc3ccccc3c(=O)c2-c2ccc(Cl)s2)cc1. The van der Waals surface area contributed by atoms with E-state index in [1.807, 2.05) is 0 Å². The molecule has 2 aromatic heterocycles. The van der Waals surface area contributed by atoms with Crippen molar-refractivity contribution < 1.29 is 12.8 Å². The molecule has 0 saturated heterocycles. The lowest BCUT2D eigenvalue weighted by molar-refractivity contribution is 0.601. The van der Waals surface area contributed by atoms with Crippen LogP contribution < -0.4 is 5.43 Å². The molecular weight excluding hydrogens is 404 g/mol. The lowest BCUT2D eigenvalue weighted by Crippen LogP contribution is -2.06. The van der Waals surface area contributed by atoms with Crippen LogP contribution in [0.2, 0.25) is 4.34 Å². The van der Waals surface area contributed by atoms with Crippen LogP contribution in [0.3, 0.4) is 0 Å². The number of benzene rings is 2. The van der Waals surface area contributed by atoms with E-state index in [1.54, 1.807) is 48.5 Å². The van der Waals surface area contributed by atoms with Crippen LogP contribution in [0.25, 0.3) is 32.7 Å². The van der Waals surface area contributed by atoms with Crippen molar-refractivity contribution in [1.29, 1.82) is 0 Å². The minimum absolute atomic E-state index is 0.155. The molecule has 0 aliphatic carbocycles.